The minimum absolute atomic E-state index is 0.0536. The van der Waals surface area contributed by atoms with E-state index in [0.29, 0.717) is 5.25 Å². The number of hydrogen-bond donors (Lipinski definition) is 1. The van der Waals surface area contributed by atoms with Gasteiger partial charge in [0.1, 0.15) is 0 Å². The van der Waals surface area contributed by atoms with Crippen LogP contribution in [0.15, 0.2) is 62.7 Å². The average Bonchev–Trinajstić information content (AvgIpc) is 3.37. The van der Waals surface area contributed by atoms with Crippen LogP contribution in [0.25, 0.3) is 11.5 Å². The number of nitrogens with zero attached hydrogens (tertiary/aromatic N) is 4. The molecule has 1 aromatic heterocycles. The molecule has 1 fully saturated rings. The van der Waals surface area contributed by atoms with Crippen molar-refractivity contribution in [1.82, 2.24) is 19.4 Å². The van der Waals surface area contributed by atoms with Crippen molar-refractivity contribution in [3.05, 3.63) is 54.1 Å². The van der Waals surface area contributed by atoms with E-state index in [9.17, 15) is 18.0 Å². The number of thioether (sulfide) groups is 1. The maximum atomic E-state index is 13.0. The van der Waals surface area contributed by atoms with Crippen molar-refractivity contribution >= 4 is 39.8 Å². The molecule has 0 unspecified atom stereocenters. The van der Waals surface area contributed by atoms with Crippen molar-refractivity contribution in [2.45, 2.75) is 35.8 Å². The molecule has 1 N–H and O–H groups in total. The van der Waals surface area contributed by atoms with Crippen molar-refractivity contribution in [3.8, 4) is 11.5 Å². The highest BCUT2D eigenvalue weighted by Gasteiger charge is 2.30. The number of nitrogens with one attached hydrogen (secondary N) is 1. The van der Waals surface area contributed by atoms with E-state index in [1.54, 1.807) is 18.7 Å². The second-order valence-electron chi connectivity index (χ2n) is 8.68. The Kier molecular flexibility index (Phi) is 8.69. The van der Waals surface area contributed by atoms with Crippen molar-refractivity contribution in [2.24, 2.45) is 0 Å². The van der Waals surface area contributed by atoms with Crippen LogP contribution >= 0.6 is 11.8 Å². The van der Waals surface area contributed by atoms with Gasteiger partial charge in [-0.05, 0) is 49.4 Å². The van der Waals surface area contributed by atoms with Crippen molar-refractivity contribution in [1.29, 1.82) is 0 Å². The number of anilines is 1. The highest BCUT2D eigenvalue weighted by molar-refractivity contribution is 7.99. The van der Waals surface area contributed by atoms with Gasteiger partial charge in [-0.2, -0.15) is 4.31 Å². The molecule has 1 aliphatic rings. The molecular formula is C25H29N5O6S2. The summed E-state index contributed by atoms with van der Waals surface area (Å²) in [6.45, 7) is 6.98. The van der Waals surface area contributed by atoms with Gasteiger partial charge in [-0.3, -0.25) is 10.1 Å². The topological polar surface area (TPSA) is 135 Å². The highest BCUT2D eigenvalue weighted by Crippen LogP contribution is 2.28. The molecule has 0 radical (unpaired) electrons. The third-order valence-corrected chi connectivity index (χ3v) is 8.53. The van der Waals surface area contributed by atoms with E-state index in [1.807, 2.05) is 24.3 Å². The lowest BCUT2D eigenvalue weighted by atomic mass is 10.2. The number of carbonyl (C=O) groups excluding carboxylic acids is 2. The van der Waals surface area contributed by atoms with Crippen LogP contribution in [-0.4, -0.2) is 77.9 Å². The summed E-state index contributed by atoms with van der Waals surface area (Å²) in [7, 11) is -3.78. The summed E-state index contributed by atoms with van der Waals surface area (Å²) in [5.41, 5.74) is 0.965. The maximum Gasteiger partial charge on any atom is 0.409 e. The van der Waals surface area contributed by atoms with Crippen LogP contribution in [0.5, 0.6) is 0 Å². The summed E-state index contributed by atoms with van der Waals surface area (Å²) in [5, 5.41) is 10.9. The van der Waals surface area contributed by atoms with Gasteiger partial charge in [-0.25, -0.2) is 13.2 Å². The standard InChI is InChI=1S/C25H29N5O6S2/c1-4-35-25(32)29-12-14-30(15-13-29)38(33,34)21-10-8-18(9-11-21)22(31)26-24-28-27-23(36-24)19-6-5-7-20(16-19)37-17(2)3/h5-11,16-17H,4,12-15H2,1-3H3,(H,26,28,31). The molecule has 38 heavy (non-hydrogen) atoms. The van der Waals surface area contributed by atoms with E-state index < -0.39 is 22.0 Å². The number of ether oxygens (including phenoxy) is 1. The fraction of sp³-hybridized carbons (Fsp3) is 0.360. The molecule has 11 nitrogen and oxygen atoms in total. The summed E-state index contributed by atoms with van der Waals surface area (Å²) in [5.74, 6) is -0.243. The molecule has 0 spiro atoms. The van der Waals surface area contributed by atoms with Gasteiger partial charge < -0.3 is 14.1 Å². The highest BCUT2D eigenvalue weighted by atomic mass is 32.2. The van der Waals surface area contributed by atoms with Gasteiger partial charge in [0.15, 0.2) is 0 Å². The second-order valence-corrected chi connectivity index (χ2v) is 12.3. The van der Waals surface area contributed by atoms with Crippen LogP contribution in [0.1, 0.15) is 31.1 Å². The van der Waals surface area contributed by atoms with Gasteiger partial charge in [0.25, 0.3) is 5.91 Å². The molecule has 1 aliphatic heterocycles. The summed E-state index contributed by atoms with van der Waals surface area (Å²) < 4.78 is 38.0. The number of aromatic nitrogens is 2. The molecule has 13 heteroatoms. The summed E-state index contributed by atoms with van der Waals surface area (Å²) in [6, 6.07) is 13.2. The number of rotatable bonds is 8. The van der Waals surface area contributed by atoms with E-state index in [1.165, 1.54) is 33.5 Å². The lowest BCUT2D eigenvalue weighted by Crippen LogP contribution is -2.50. The molecule has 3 aromatic rings. The molecule has 2 aromatic carbocycles. The van der Waals surface area contributed by atoms with Crippen molar-refractivity contribution in [3.63, 3.8) is 0 Å². The zero-order valence-electron chi connectivity index (χ0n) is 21.3. The molecular weight excluding hydrogens is 530 g/mol. The molecule has 2 heterocycles. The predicted molar refractivity (Wildman–Crippen MR) is 142 cm³/mol. The van der Waals surface area contributed by atoms with Gasteiger partial charge in [0.2, 0.25) is 15.9 Å². The number of piperazine rings is 1. The van der Waals surface area contributed by atoms with Gasteiger partial charge in [0.05, 0.1) is 11.5 Å². The number of sulfonamides is 1. The Labute approximate surface area is 225 Å². The predicted octanol–water partition coefficient (Wildman–Crippen LogP) is 3.95. The van der Waals surface area contributed by atoms with E-state index in [0.717, 1.165) is 10.5 Å². The van der Waals surface area contributed by atoms with E-state index >= 15 is 0 Å². The third-order valence-electron chi connectivity index (χ3n) is 5.62. The molecule has 4 rings (SSSR count). The molecule has 0 atom stereocenters. The number of hydrogen-bond acceptors (Lipinski definition) is 9. The zero-order valence-corrected chi connectivity index (χ0v) is 22.9. The lowest BCUT2D eigenvalue weighted by molar-refractivity contribution is 0.0933. The number of benzene rings is 2. The summed E-state index contributed by atoms with van der Waals surface area (Å²) in [6.07, 6.45) is -0.452. The zero-order chi connectivity index (χ0) is 27.3. The SMILES string of the molecule is CCOC(=O)N1CCN(S(=O)(=O)c2ccc(C(=O)Nc3nnc(-c4cccc(SC(C)C)c4)o3)cc2)CC1. The normalized spacial score (nSPS) is 14.5. The van der Waals surface area contributed by atoms with Crippen LogP contribution in [0.2, 0.25) is 0 Å². The number of carbonyl (C=O) groups is 2. The smallest absolute Gasteiger partial charge is 0.409 e. The Morgan fingerprint density at radius 2 is 1.79 bits per heavy atom. The fourth-order valence-corrected chi connectivity index (χ4v) is 6.11. The van der Waals surface area contributed by atoms with Crippen molar-refractivity contribution in [2.75, 3.05) is 38.1 Å². The Hall–Kier alpha value is -3.42. The minimum Gasteiger partial charge on any atom is -0.450 e. The molecule has 0 aliphatic carbocycles. The molecule has 202 valence electrons. The first-order valence-electron chi connectivity index (χ1n) is 12.1. The van der Waals surface area contributed by atoms with Gasteiger partial charge >= 0.3 is 12.1 Å². The fourth-order valence-electron chi connectivity index (χ4n) is 3.79. The summed E-state index contributed by atoms with van der Waals surface area (Å²) >= 11 is 1.71. The van der Waals surface area contributed by atoms with Crippen LogP contribution < -0.4 is 5.32 Å². The summed E-state index contributed by atoms with van der Waals surface area (Å²) in [4.78, 5) is 27.2. The first kappa shape index (κ1) is 27.6. The largest absolute Gasteiger partial charge is 0.450 e. The Balaban J connectivity index is 1.38. The average molecular weight is 560 g/mol. The van der Waals surface area contributed by atoms with Crippen LogP contribution in [0.3, 0.4) is 0 Å². The molecule has 0 bridgehead atoms. The van der Waals surface area contributed by atoms with Gasteiger partial charge in [-0.15, -0.1) is 16.9 Å². The first-order valence-corrected chi connectivity index (χ1v) is 14.4. The van der Waals surface area contributed by atoms with E-state index in [2.05, 4.69) is 29.4 Å². The Bertz CT molecular complexity index is 1380. The maximum absolute atomic E-state index is 13.0. The monoisotopic (exact) mass is 559 g/mol. The Morgan fingerprint density at radius 3 is 2.45 bits per heavy atom. The first-order chi connectivity index (χ1) is 18.2. The second kappa shape index (κ2) is 12.0. The molecule has 2 amide bonds. The van der Waals surface area contributed by atoms with Crippen LogP contribution in [0, 0.1) is 0 Å². The molecule has 1 saturated heterocycles. The Morgan fingerprint density at radius 1 is 1.08 bits per heavy atom. The third kappa shape index (κ3) is 6.52. The van der Waals surface area contributed by atoms with Crippen LogP contribution in [0.4, 0.5) is 10.8 Å². The van der Waals surface area contributed by atoms with E-state index in [4.69, 9.17) is 9.15 Å². The lowest BCUT2D eigenvalue weighted by Gasteiger charge is -2.33. The quantitative estimate of drug-likeness (QED) is 0.407. The van der Waals surface area contributed by atoms with Gasteiger partial charge in [-0.1, -0.05) is 25.0 Å². The van der Waals surface area contributed by atoms with Gasteiger partial charge in [0, 0.05) is 47.5 Å². The van der Waals surface area contributed by atoms with E-state index in [-0.39, 0.29) is 55.2 Å². The molecule has 0 saturated carbocycles. The van der Waals surface area contributed by atoms with Crippen molar-refractivity contribution < 1.29 is 27.2 Å². The number of amides is 2. The minimum atomic E-state index is -3.78. The van der Waals surface area contributed by atoms with Crippen LogP contribution in [-0.2, 0) is 14.8 Å².